The van der Waals surface area contributed by atoms with Crippen molar-refractivity contribution in [2.24, 2.45) is 0 Å². The van der Waals surface area contributed by atoms with Gasteiger partial charge >= 0.3 is 17.9 Å². The Morgan fingerprint density at radius 2 is 0.470 bits per heavy atom. The van der Waals surface area contributed by atoms with Gasteiger partial charge in [0.1, 0.15) is 13.2 Å². The van der Waals surface area contributed by atoms with Crippen molar-refractivity contribution in [2.75, 3.05) is 13.2 Å². The summed E-state index contributed by atoms with van der Waals surface area (Å²) in [5.41, 5.74) is 0. The highest BCUT2D eigenvalue weighted by atomic mass is 16.6. The molecule has 0 aromatic carbocycles. The molecule has 0 bridgehead atoms. The minimum absolute atomic E-state index is 0.0855. The molecule has 0 fully saturated rings. The fraction of sp³-hybridized carbons (Fsp3) is 0.753. The normalized spacial score (nSPS) is 12.7. The second kappa shape index (κ2) is 70.8. The number of allylic oxidation sites excluding steroid dienone is 16. The zero-order chi connectivity index (χ0) is 59.9. The Labute approximate surface area is 515 Å². The van der Waals surface area contributed by atoms with Crippen LogP contribution in [0, 0.1) is 0 Å². The molecule has 0 aromatic heterocycles. The predicted molar refractivity (Wildman–Crippen MR) is 362 cm³/mol. The third-order valence-electron chi connectivity index (χ3n) is 15.6. The molecule has 0 saturated carbocycles. The van der Waals surface area contributed by atoms with Crippen LogP contribution in [-0.2, 0) is 28.6 Å². The smallest absolute Gasteiger partial charge is 0.306 e. The Morgan fingerprint density at radius 3 is 0.771 bits per heavy atom. The van der Waals surface area contributed by atoms with Gasteiger partial charge in [0.05, 0.1) is 0 Å². The lowest BCUT2D eigenvalue weighted by molar-refractivity contribution is -0.167. The van der Waals surface area contributed by atoms with Gasteiger partial charge in [-0.05, 0) is 103 Å². The third-order valence-corrected chi connectivity index (χ3v) is 15.6. The van der Waals surface area contributed by atoms with Crippen molar-refractivity contribution in [3.63, 3.8) is 0 Å². The number of carbonyl (C=O) groups is 3. The molecule has 478 valence electrons. The average molecular weight is 1160 g/mol. The van der Waals surface area contributed by atoms with Crippen molar-refractivity contribution >= 4 is 17.9 Å². The summed E-state index contributed by atoms with van der Waals surface area (Å²) in [6, 6.07) is 0. The zero-order valence-corrected chi connectivity index (χ0v) is 54.9. The van der Waals surface area contributed by atoms with Gasteiger partial charge in [0.15, 0.2) is 6.10 Å². The van der Waals surface area contributed by atoms with Gasteiger partial charge in [-0.1, -0.05) is 330 Å². The lowest BCUT2D eigenvalue weighted by Gasteiger charge is -2.18. The van der Waals surface area contributed by atoms with Crippen LogP contribution in [-0.4, -0.2) is 37.2 Å². The maximum absolute atomic E-state index is 13.0. The second-order valence-electron chi connectivity index (χ2n) is 23.8. The SMILES string of the molecule is CC/C=C\C/C=C\C/C=C\C/C=C\C/C=C\C/C=C\C/C=C\CCCCCCCC(=O)OCC(COC(=O)CCCCCCC/C=C\CCCCC)OC(=O)CCCCCCCCCCCCCCCCCCCCCCCCCCCC. The Bertz CT molecular complexity index is 1610. The van der Waals surface area contributed by atoms with Crippen LogP contribution >= 0.6 is 0 Å². The van der Waals surface area contributed by atoms with Crippen LogP contribution in [0.5, 0.6) is 0 Å². The largest absolute Gasteiger partial charge is 0.462 e. The molecule has 0 amide bonds. The number of unbranched alkanes of at least 4 members (excludes halogenated alkanes) is 38. The van der Waals surface area contributed by atoms with Crippen molar-refractivity contribution in [1.29, 1.82) is 0 Å². The average Bonchev–Trinajstić information content (AvgIpc) is 3.49. The summed E-state index contributed by atoms with van der Waals surface area (Å²) in [6.07, 6.45) is 95.8. The number of rotatable bonds is 65. The number of carbonyl (C=O) groups excluding carboxylic acids is 3. The monoisotopic (exact) mass is 1160 g/mol. The van der Waals surface area contributed by atoms with Crippen LogP contribution in [0.2, 0.25) is 0 Å². The predicted octanol–water partition coefficient (Wildman–Crippen LogP) is 24.8. The molecule has 0 saturated heterocycles. The molecule has 0 aliphatic carbocycles. The van der Waals surface area contributed by atoms with E-state index in [-0.39, 0.29) is 31.1 Å². The van der Waals surface area contributed by atoms with Gasteiger partial charge in [0.2, 0.25) is 0 Å². The molecule has 83 heavy (non-hydrogen) atoms. The van der Waals surface area contributed by atoms with Crippen molar-refractivity contribution < 1.29 is 28.6 Å². The standard InChI is InChI=1S/C77H134O6/c1-4-7-10-13-16-19-22-25-27-29-31-33-35-37-39-41-42-44-46-48-50-52-55-58-61-64-67-70-76(79)82-73-74(72-81-75(78)69-66-63-60-57-54-24-21-18-15-12-9-6-3)83-77(80)71-68-65-62-59-56-53-51-49-47-45-43-40-38-36-34-32-30-28-26-23-20-17-14-11-8-5-2/h7,10,16,18-19,21,25,27,31,33,37,39,42,44,48,50,74H,4-6,8-9,11-15,17,20,22-24,26,28-30,32,34-36,38,40-41,43,45-47,49,51-73H2,1-3H3/b10-7-,19-16-,21-18-,27-25-,33-31-,39-37-,44-42-,50-48-. The Morgan fingerprint density at radius 1 is 0.253 bits per heavy atom. The lowest BCUT2D eigenvalue weighted by atomic mass is 10.0. The van der Waals surface area contributed by atoms with Crippen molar-refractivity contribution in [1.82, 2.24) is 0 Å². The van der Waals surface area contributed by atoms with Gasteiger partial charge < -0.3 is 14.2 Å². The first-order valence-electron chi connectivity index (χ1n) is 35.7. The molecule has 1 atom stereocenters. The van der Waals surface area contributed by atoms with E-state index in [9.17, 15) is 14.4 Å². The van der Waals surface area contributed by atoms with Crippen LogP contribution in [0.15, 0.2) is 97.2 Å². The molecular weight excluding hydrogens is 1020 g/mol. The fourth-order valence-corrected chi connectivity index (χ4v) is 10.2. The van der Waals surface area contributed by atoms with E-state index in [1.807, 2.05) is 0 Å². The van der Waals surface area contributed by atoms with E-state index < -0.39 is 6.10 Å². The summed E-state index contributed by atoms with van der Waals surface area (Å²) in [6.45, 7) is 6.52. The van der Waals surface area contributed by atoms with E-state index in [2.05, 4.69) is 118 Å². The third kappa shape index (κ3) is 69.0. The Kier molecular flexibility index (Phi) is 67.7. The van der Waals surface area contributed by atoms with Crippen LogP contribution in [0.4, 0.5) is 0 Å². The van der Waals surface area contributed by atoms with Crippen molar-refractivity contribution in [3.05, 3.63) is 97.2 Å². The molecule has 0 spiro atoms. The summed E-state index contributed by atoms with van der Waals surface area (Å²) in [5.74, 6) is -0.897. The molecule has 0 aromatic rings. The highest BCUT2D eigenvalue weighted by molar-refractivity contribution is 5.71. The molecule has 1 unspecified atom stereocenters. The van der Waals surface area contributed by atoms with Crippen molar-refractivity contribution in [2.45, 2.75) is 361 Å². The van der Waals surface area contributed by atoms with Gasteiger partial charge in [0.25, 0.3) is 0 Å². The van der Waals surface area contributed by atoms with Gasteiger partial charge in [-0.25, -0.2) is 0 Å². The minimum Gasteiger partial charge on any atom is -0.462 e. The minimum atomic E-state index is -0.790. The highest BCUT2D eigenvalue weighted by Crippen LogP contribution is 2.18. The van der Waals surface area contributed by atoms with E-state index in [4.69, 9.17) is 14.2 Å². The van der Waals surface area contributed by atoms with E-state index in [1.165, 1.54) is 186 Å². The maximum atomic E-state index is 13.0. The summed E-state index contributed by atoms with van der Waals surface area (Å²) in [5, 5.41) is 0. The molecule has 0 N–H and O–H groups in total. The Hall–Kier alpha value is -3.67. The fourth-order valence-electron chi connectivity index (χ4n) is 10.2. The van der Waals surface area contributed by atoms with E-state index in [1.54, 1.807) is 0 Å². The summed E-state index contributed by atoms with van der Waals surface area (Å²) >= 11 is 0. The van der Waals surface area contributed by atoms with E-state index >= 15 is 0 Å². The number of hydrogen-bond donors (Lipinski definition) is 0. The second-order valence-corrected chi connectivity index (χ2v) is 23.8. The molecule has 0 radical (unpaired) electrons. The van der Waals surface area contributed by atoms with Crippen molar-refractivity contribution in [3.8, 4) is 0 Å². The summed E-state index contributed by atoms with van der Waals surface area (Å²) in [4.78, 5) is 38.4. The van der Waals surface area contributed by atoms with E-state index in [0.29, 0.717) is 19.3 Å². The van der Waals surface area contributed by atoms with Crippen LogP contribution in [0.25, 0.3) is 0 Å². The molecule has 0 heterocycles. The van der Waals surface area contributed by atoms with Gasteiger partial charge in [-0.3, -0.25) is 14.4 Å². The zero-order valence-electron chi connectivity index (χ0n) is 54.9. The van der Waals surface area contributed by atoms with Gasteiger partial charge in [0, 0.05) is 19.3 Å². The first kappa shape index (κ1) is 79.3. The first-order valence-corrected chi connectivity index (χ1v) is 35.7. The molecule has 6 heteroatoms. The quantitative estimate of drug-likeness (QED) is 0.0261. The Balaban J connectivity index is 4.29. The molecular formula is C77H134O6. The molecule has 0 aliphatic heterocycles. The lowest BCUT2D eigenvalue weighted by Crippen LogP contribution is -2.30. The van der Waals surface area contributed by atoms with Crippen LogP contribution in [0.3, 0.4) is 0 Å². The topological polar surface area (TPSA) is 78.9 Å². The van der Waals surface area contributed by atoms with E-state index in [0.717, 1.165) is 128 Å². The van der Waals surface area contributed by atoms with Crippen LogP contribution < -0.4 is 0 Å². The van der Waals surface area contributed by atoms with Gasteiger partial charge in [-0.15, -0.1) is 0 Å². The molecule has 6 nitrogen and oxygen atoms in total. The van der Waals surface area contributed by atoms with Gasteiger partial charge in [-0.2, -0.15) is 0 Å². The first-order chi connectivity index (χ1) is 41.0. The number of ether oxygens (including phenoxy) is 3. The summed E-state index contributed by atoms with van der Waals surface area (Å²) < 4.78 is 17.0. The summed E-state index contributed by atoms with van der Waals surface area (Å²) in [7, 11) is 0. The number of esters is 3. The highest BCUT2D eigenvalue weighted by Gasteiger charge is 2.19. The molecule has 0 rings (SSSR count). The number of hydrogen-bond acceptors (Lipinski definition) is 6. The van der Waals surface area contributed by atoms with Crippen LogP contribution in [0.1, 0.15) is 355 Å². The molecule has 0 aliphatic rings. The maximum Gasteiger partial charge on any atom is 0.306 e.